The van der Waals surface area contributed by atoms with Gasteiger partial charge in [-0.2, -0.15) is 4.39 Å². The van der Waals surface area contributed by atoms with Gasteiger partial charge < -0.3 is 9.47 Å². The SMILES string of the molecule is CCOC(=O)C(C)Oc1cccc(F)c1F. The molecule has 0 aliphatic heterocycles. The molecule has 0 aliphatic rings. The summed E-state index contributed by atoms with van der Waals surface area (Å²) in [6.07, 6.45) is -0.976. The summed E-state index contributed by atoms with van der Waals surface area (Å²) in [5.74, 6) is -3.06. The van der Waals surface area contributed by atoms with Gasteiger partial charge in [0, 0.05) is 0 Å². The van der Waals surface area contributed by atoms with Crippen molar-refractivity contribution < 1.29 is 23.0 Å². The van der Waals surface area contributed by atoms with Crippen molar-refractivity contribution in [2.75, 3.05) is 6.61 Å². The molecule has 0 aromatic heterocycles. The van der Waals surface area contributed by atoms with Crippen LogP contribution in [0.4, 0.5) is 8.78 Å². The molecule has 0 heterocycles. The Labute approximate surface area is 92.0 Å². The summed E-state index contributed by atoms with van der Waals surface area (Å²) in [4.78, 5) is 11.2. The van der Waals surface area contributed by atoms with Crippen LogP contribution in [0.15, 0.2) is 18.2 Å². The fourth-order valence-corrected chi connectivity index (χ4v) is 1.07. The van der Waals surface area contributed by atoms with E-state index in [-0.39, 0.29) is 12.4 Å². The first kappa shape index (κ1) is 12.4. The van der Waals surface area contributed by atoms with E-state index in [1.165, 1.54) is 19.1 Å². The molecular formula is C11H12F2O3. The van der Waals surface area contributed by atoms with Crippen LogP contribution in [0.1, 0.15) is 13.8 Å². The van der Waals surface area contributed by atoms with E-state index in [0.29, 0.717) is 0 Å². The highest BCUT2D eigenvalue weighted by atomic mass is 19.2. The van der Waals surface area contributed by atoms with Crippen molar-refractivity contribution in [2.45, 2.75) is 20.0 Å². The Morgan fingerprint density at radius 1 is 1.44 bits per heavy atom. The maximum absolute atomic E-state index is 13.2. The second-order valence-electron chi connectivity index (χ2n) is 3.06. The number of hydrogen-bond donors (Lipinski definition) is 0. The predicted octanol–water partition coefficient (Wildman–Crippen LogP) is 2.30. The lowest BCUT2D eigenvalue weighted by Gasteiger charge is -2.13. The van der Waals surface area contributed by atoms with E-state index in [1.807, 2.05) is 0 Å². The summed E-state index contributed by atoms with van der Waals surface area (Å²) < 4.78 is 35.6. The van der Waals surface area contributed by atoms with Gasteiger partial charge in [0.1, 0.15) is 0 Å². The summed E-state index contributed by atoms with van der Waals surface area (Å²) in [5.41, 5.74) is 0. The van der Waals surface area contributed by atoms with Crippen molar-refractivity contribution >= 4 is 5.97 Å². The van der Waals surface area contributed by atoms with E-state index in [0.717, 1.165) is 6.07 Å². The van der Waals surface area contributed by atoms with Crippen LogP contribution in [0.5, 0.6) is 5.75 Å². The van der Waals surface area contributed by atoms with Gasteiger partial charge >= 0.3 is 5.97 Å². The van der Waals surface area contributed by atoms with Crippen LogP contribution in [0, 0.1) is 11.6 Å². The Kier molecular flexibility index (Phi) is 4.22. The first-order valence-corrected chi connectivity index (χ1v) is 4.83. The molecule has 0 N–H and O–H groups in total. The summed E-state index contributed by atoms with van der Waals surface area (Å²) in [7, 11) is 0. The van der Waals surface area contributed by atoms with E-state index in [1.54, 1.807) is 6.92 Å². The third-order valence-electron chi connectivity index (χ3n) is 1.84. The van der Waals surface area contributed by atoms with E-state index in [2.05, 4.69) is 4.74 Å². The van der Waals surface area contributed by atoms with Crippen molar-refractivity contribution in [3.8, 4) is 5.75 Å². The maximum atomic E-state index is 13.2. The van der Waals surface area contributed by atoms with Crippen LogP contribution >= 0.6 is 0 Å². The van der Waals surface area contributed by atoms with Crippen molar-refractivity contribution in [3.05, 3.63) is 29.8 Å². The molecule has 0 radical (unpaired) electrons. The molecule has 0 fully saturated rings. The minimum absolute atomic E-state index is 0.207. The molecule has 0 bridgehead atoms. The van der Waals surface area contributed by atoms with Gasteiger partial charge in [-0.05, 0) is 26.0 Å². The standard InChI is InChI=1S/C11H12F2O3/c1-3-15-11(14)7(2)16-9-6-4-5-8(12)10(9)13/h4-7H,3H2,1-2H3. The number of ether oxygens (including phenoxy) is 2. The molecule has 3 nitrogen and oxygen atoms in total. The zero-order valence-electron chi connectivity index (χ0n) is 9.00. The number of hydrogen-bond acceptors (Lipinski definition) is 3. The molecule has 1 rings (SSSR count). The van der Waals surface area contributed by atoms with E-state index in [4.69, 9.17) is 4.74 Å². The minimum Gasteiger partial charge on any atom is -0.476 e. The monoisotopic (exact) mass is 230 g/mol. The van der Waals surface area contributed by atoms with Crippen LogP contribution in [0.2, 0.25) is 0 Å². The molecule has 5 heteroatoms. The smallest absolute Gasteiger partial charge is 0.347 e. The van der Waals surface area contributed by atoms with Crippen LogP contribution < -0.4 is 4.74 Å². The molecular weight excluding hydrogens is 218 g/mol. The summed E-state index contributed by atoms with van der Waals surface area (Å²) in [6.45, 7) is 3.26. The second kappa shape index (κ2) is 5.44. The van der Waals surface area contributed by atoms with E-state index in [9.17, 15) is 13.6 Å². The number of rotatable bonds is 4. The number of carbonyl (C=O) groups is 1. The Bertz CT molecular complexity index is 379. The Balaban J connectivity index is 2.73. The molecule has 0 amide bonds. The molecule has 1 unspecified atom stereocenters. The molecule has 1 aromatic carbocycles. The summed E-state index contributed by atoms with van der Waals surface area (Å²) in [6, 6.07) is 3.51. The number of halogens is 2. The number of esters is 1. The normalized spacial score (nSPS) is 12.0. The number of carbonyl (C=O) groups excluding carboxylic acids is 1. The molecule has 0 saturated carbocycles. The largest absolute Gasteiger partial charge is 0.476 e. The second-order valence-corrected chi connectivity index (χ2v) is 3.06. The van der Waals surface area contributed by atoms with Gasteiger partial charge in [-0.25, -0.2) is 9.18 Å². The summed E-state index contributed by atoms with van der Waals surface area (Å²) in [5, 5.41) is 0. The molecule has 1 atom stereocenters. The van der Waals surface area contributed by atoms with Crippen molar-refractivity contribution in [3.63, 3.8) is 0 Å². The Hall–Kier alpha value is -1.65. The molecule has 0 saturated heterocycles. The predicted molar refractivity (Wildman–Crippen MR) is 53.1 cm³/mol. The van der Waals surface area contributed by atoms with Crippen molar-refractivity contribution in [1.82, 2.24) is 0 Å². The van der Waals surface area contributed by atoms with Gasteiger partial charge in [-0.1, -0.05) is 6.07 Å². The Morgan fingerprint density at radius 2 is 2.12 bits per heavy atom. The highest BCUT2D eigenvalue weighted by molar-refractivity contribution is 5.74. The lowest BCUT2D eigenvalue weighted by molar-refractivity contribution is -0.150. The first-order valence-electron chi connectivity index (χ1n) is 4.83. The topological polar surface area (TPSA) is 35.5 Å². The van der Waals surface area contributed by atoms with Crippen LogP contribution in [-0.4, -0.2) is 18.7 Å². The van der Waals surface area contributed by atoms with E-state index >= 15 is 0 Å². The minimum atomic E-state index is -1.11. The third kappa shape index (κ3) is 2.92. The highest BCUT2D eigenvalue weighted by Crippen LogP contribution is 2.20. The van der Waals surface area contributed by atoms with Gasteiger partial charge in [0.15, 0.2) is 17.7 Å². The molecule has 0 aliphatic carbocycles. The maximum Gasteiger partial charge on any atom is 0.347 e. The fraction of sp³-hybridized carbons (Fsp3) is 0.364. The quantitative estimate of drug-likeness (QED) is 0.744. The molecule has 16 heavy (non-hydrogen) atoms. The van der Waals surface area contributed by atoms with Gasteiger partial charge in [0.05, 0.1) is 6.61 Å². The van der Waals surface area contributed by atoms with Crippen LogP contribution in [-0.2, 0) is 9.53 Å². The Morgan fingerprint density at radius 3 is 2.75 bits per heavy atom. The molecule has 0 spiro atoms. The van der Waals surface area contributed by atoms with Crippen LogP contribution in [0.25, 0.3) is 0 Å². The molecule has 1 aromatic rings. The van der Waals surface area contributed by atoms with Crippen LogP contribution in [0.3, 0.4) is 0 Å². The average molecular weight is 230 g/mol. The average Bonchev–Trinajstić information content (AvgIpc) is 2.25. The van der Waals surface area contributed by atoms with Crippen molar-refractivity contribution in [1.29, 1.82) is 0 Å². The summed E-state index contributed by atoms with van der Waals surface area (Å²) >= 11 is 0. The van der Waals surface area contributed by atoms with Crippen molar-refractivity contribution in [2.24, 2.45) is 0 Å². The number of benzene rings is 1. The zero-order valence-corrected chi connectivity index (χ0v) is 9.00. The fourth-order valence-electron chi connectivity index (χ4n) is 1.07. The highest BCUT2D eigenvalue weighted by Gasteiger charge is 2.18. The first-order chi connectivity index (χ1) is 7.56. The van der Waals surface area contributed by atoms with Gasteiger partial charge in [-0.15, -0.1) is 0 Å². The molecule has 88 valence electrons. The van der Waals surface area contributed by atoms with Gasteiger partial charge in [0.2, 0.25) is 5.82 Å². The van der Waals surface area contributed by atoms with E-state index < -0.39 is 23.7 Å². The van der Waals surface area contributed by atoms with Gasteiger partial charge in [-0.3, -0.25) is 0 Å². The lowest BCUT2D eigenvalue weighted by Crippen LogP contribution is -2.26. The zero-order chi connectivity index (χ0) is 12.1. The van der Waals surface area contributed by atoms with Gasteiger partial charge in [0.25, 0.3) is 0 Å². The third-order valence-corrected chi connectivity index (χ3v) is 1.84. The lowest BCUT2D eigenvalue weighted by atomic mass is 10.3.